The van der Waals surface area contributed by atoms with Gasteiger partial charge in [-0.3, -0.25) is 9.36 Å². The van der Waals surface area contributed by atoms with Crippen LogP contribution in [0.2, 0.25) is 0 Å². The Bertz CT molecular complexity index is 1790. The van der Waals surface area contributed by atoms with E-state index in [9.17, 15) is 14.0 Å². The Kier molecular flexibility index (Phi) is 8.34. The average molecular weight is 644 g/mol. The van der Waals surface area contributed by atoms with Crippen LogP contribution in [0, 0.1) is 5.82 Å². The molecule has 40 heavy (non-hydrogen) atoms. The fourth-order valence-electron chi connectivity index (χ4n) is 4.39. The number of benzene rings is 2. The summed E-state index contributed by atoms with van der Waals surface area (Å²) in [5, 5.41) is 1.91. The van der Waals surface area contributed by atoms with Crippen molar-refractivity contribution < 1.29 is 23.4 Å². The van der Waals surface area contributed by atoms with Crippen molar-refractivity contribution in [1.29, 1.82) is 0 Å². The zero-order chi connectivity index (χ0) is 28.4. The second-order valence-electron chi connectivity index (χ2n) is 8.73. The Morgan fingerprint density at radius 2 is 2.02 bits per heavy atom. The van der Waals surface area contributed by atoms with Gasteiger partial charge in [0, 0.05) is 10.4 Å². The minimum Gasteiger partial charge on any atom is -0.493 e. The second kappa shape index (κ2) is 11.9. The Morgan fingerprint density at radius 1 is 1.23 bits per heavy atom. The van der Waals surface area contributed by atoms with Gasteiger partial charge in [-0.15, -0.1) is 11.3 Å². The molecule has 3 heterocycles. The van der Waals surface area contributed by atoms with Crippen LogP contribution in [0.3, 0.4) is 0 Å². The average Bonchev–Trinajstić information content (AvgIpc) is 3.56. The van der Waals surface area contributed by atoms with E-state index in [-0.39, 0.29) is 24.6 Å². The molecule has 11 heteroatoms. The number of rotatable bonds is 8. The van der Waals surface area contributed by atoms with Gasteiger partial charge in [-0.2, -0.15) is 0 Å². The second-order valence-corrected chi connectivity index (χ2v) is 11.6. The molecule has 1 aliphatic heterocycles. The van der Waals surface area contributed by atoms with Crippen molar-refractivity contribution in [3.05, 3.63) is 111 Å². The van der Waals surface area contributed by atoms with Gasteiger partial charge in [0.2, 0.25) is 0 Å². The topological polar surface area (TPSA) is 79.1 Å². The smallest absolute Gasteiger partial charge is 0.338 e. The lowest BCUT2D eigenvalue weighted by molar-refractivity contribution is -0.139. The van der Waals surface area contributed by atoms with Gasteiger partial charge in [0.05, 0.1) is 34.0 Å². The molecule has 0 N–H and O–H groups in total. The van der Waals surface area contributed by atoms with E-state index in [1.807, 2.05) is 17.5 Å². The highest BCUT2D eigenvalue weighted by molar-refractivity contribution is 9.10. The van der Waals surface area contributed by atoms with Gasteiger partial charge in [0.25, 0.3) is 5.56 Å². The molecule has 206 valence electrons. The van der Waals surface area contributed by atoms with Crippen LogP contribution in [0.4, 0.5) is 4.39 Å². The Hall–Kier alpha value is -3.54. The molecule has 0 saturated carbocycles. The number of nitrogens with zero attached hydrogens (tertiary/aromatic N) is 2. The van der Waals surface area contributed by atoms with Crippen LogP contribution >= 0.6 is 38.6 Å². The Balaban J connectivity index is 1.56. The molecule has 0 radical (unpaired) electrons. The molecule has 0 amide bonds. The zero-order valence-electron chi connectivity index (χ0n) is 21.8. The summed E-state index contributed by atoms with van der Waals surface area (Å²) >= 11 is 6.23. The molecule has 2 aromatic carbocycles. The normalized spacial score (nSPS) is 15.0. The molecule has 0 bridgehead atoms. The summed E-state index contributed by atoms with van der Waals surface area (Å²) in [6, 6.07) is 13.1. The van der Waals surface area contributed by atoms with Gasteiger partial charge in [-0.05, 0) is 71.1 Å². The molecule has 1 atom stereocenters. The number of hydrogen-bond acceptors (Lipinski definition) is 8. The number of hydrogen-bond donors (Lipinski definition) is 0. The predicted octanol–water partition coefficient (Wildman–Crippen LogP) is 5.35. The van der Waals surface area contributed by atoms with Crippen LogP contribution < -0.4 is 24.4 Å². The first-order valence-electron chi connectivity index (χ1n) is 12.3. The van der Waals surface area contributed by atoms with Gasteiger partial charge in [0.1, 0.15) is 18.5 Å². The third-order valence-electron chi connectivity index (χ3n) is 6.21. The van der Waals surface area contributed by atoms with Crippen molar-refractivity contribution in [2.24, 2.45) is 4.99 Å². The van der Waals surface area contributed by atoms with E-state index in [4.69, 9.17) is 14.2 Å². The van der Waals surface area contributed by atoms with Crippen LogP contribution in [0.1, 0.15) is 35.9 Å². The van der Waals surface area contributed by atoms with Crippen molar-refractivity contribution in [2.75, 3.05) is 13.7 Å². The van der Waals surface area contributed by atoms with E-state index in [1.54, 1.807) is 54.8 Å². The molecule has 5 rings (SSSR count). The fourth-order valence-corrected chi connectivity index (χ4v) is 6.83. The summed E-state index contributed by atoms with van der Waals surface area (Å²) < 4.78 is 33.4. The van der Waals surface area contributed by atoms with Crippen LogP contribution in [0.15, 0.2) is 79.4 Å². The van der Waals surface area contributed by atoms with Gasteiger partial charge in [0.15, 0.2) is 16.3 Å². The molecule has 1 aliphatic rings. The first kappa shape index (κ1) is 28.0. The summed E-state index contributed by atoms with van der Waals surface area (Å²) in [5.74, 6) is -0.0127. The summed E-state index contributed by atoms with van der Waals surface area (Å²) in [7, 11) is 1.51. The van der Waals surface area contributed by atoms with E-state index in [0.29, 0.717) is 47.7 Å². The first-order valence-corrected chi connectivity index (χ1v) is 14.8. The fraction of sp³-hybridized carbons (Fsp3) is 0.207. The molecule has 4 aromatic rings. The Morgan fingerprint density at radius 3 is 2.73 bits per heavy atom. The minimum absolute atomic E-state index is 0.0183. The highest BCUT2D eigenvalue weighted by Gasteiger charge is 2.33. The van der Waals surface area contributed by atoms with E-state index in [2.05, 4.69) is 20.9 Å². The molecule has 0 saturated heterocycles. The SMILES string of the molecule is CCOC(=O)C1=C(C)N=c2sc(=Cc3cc(Br)c(OCc4ccccc4F)c(OC)c3)c(=O)n2[C@@H]1c1cccs1. The molecule has 7 nitrogen and oxygen atoms in total. The Labute approximate surface area is 245 Å². The lowest BCUT2D eigenvalue weighted by Gasteiger charge is -2.23. The van der Waals surface area contributed by atoms with Gasteiger partial charge < -0.3 is 14.2 Å². The first-order chi connectivity index (χ1) is 19.3. The highest BCUT2D eigenvalue weighted by Crippen LogP contribution is 2.38. The number of carbonyl (C=O) groups excluding carboxylic acids is 1. The van der Waals surface area contributed by atoms with Crippen LogP contribution in [0.25, 0.3) is 6.08 Å². The number of ether oxygens (including phenoxy) is 3. The quantitative estimate of drug-likeness (QED) is 0.242. The van der Waals surface area contributed by atoms with Crippen molar-refractivity contribution in [3.8, 4) is 11.5 Å². The lowest BCUT2D eigenvalue weighted by atomic mass is 10.0. The number of aromatic nitrogens is 1. The third-order valence-corrected chi connectivity index (χ3v) is 8.71. The lowest BCUT2D eigenvalue weighted by Crippen LogP contribution is -2.39. The summed E-state index contributed by atoms with van der Waals surface area (Å²) in [6.07, 6.45) is 1.74. The molecule has 0 unspecified atom stereocenters. The molecular weight excluding hydrogens is 619 g/mol. The maximum absolute atomic E-state index is 14.1. The highest BCUT2D eigenvalue weighted by atomic mass is 79.9. The van der Waals surface area contributed by atoms with Crippen molar-refractivity contribution in [1.82, 2.24) is 4.57 Å². The van der Waals surface area contributed by atoms with E-state index >= 15 is 0 Å². The number of fused-ring (bicyclic) bond motifs is 1. The molecule has 0 spiro atoms. The van der Waals surface area contributed by atoms with Crippen LogP contribution in [-0.2, 0) is 16.1 Å². The van der Waals surface area contributed by atoms with Gasteiger partial charge >= 0.3 is 5.97 Å². The number of halogens is 2. The van der Waals surface area contributed by atoms with E-state index in [0.717, 1.165) is 4.88 Å². The number of carbonyl (C=O) groups is 1. The number of thiophene rings is 1. The monoisotopic (exact) mass is 642 g/mol. The molecule has 0 fully saturated rings. The van der Waals surface area contributed by atoms with Crippen molar-refractivity contribution in [3.63, 3.8) is 0 Å². The third kappa shape index (κ3) is 5.41. The van der Waals surface area contributed by atoms with Crippen molar-refractivity contribution >= 4 is 50.6 Å². The molecular formula is C29H24BrFN2O5S2. The predicted molar refractivity (Wildman–Crippen MR) is 156 cm³/mol. The molecule has 2 aromatic heterocycles. The minimum atomic E-state index is -0.632. The number of thiazole rings is 1. The van der Waals surface area contributed by atoms with E-state index < -0.39 is 12.0 Å². The summed E-state index contributed by atoms with van der Waals surface area (Å²) in [6.45, 7) is 3.73. The van der Waals surface area contributed by atoms with Crippen LogP contribution in [0.5, 0.6) is 11.5 Å². The van der Waals surface area contributed by atoms with Crippen molar-refractivity contribution in [2.45, 2.75) is 26.5 Å². The standard InChI is InChI=1S/C29H24BrFN2O5S2/c1-4-37-28(35)24-16(2)32-29-33(25(24)22-10-7-11-39-22)27(34)23(40-29)14-17-12-19(30)26(21(13-17)36-3)38-15-18-8-5-6-9-20(18)31/h5-14,25H,4,15H2,1-3H3/t25-/m1/s1. The number of allylic oxidation sites excluding steroid dienone is 1. The summed E-state index contributed by atoms with van der Waals surface area (Å²) in [4.78, 5) is 32.6. The zero-order valence-corrected chi connectivity index (χ0v) is 25.0. The summed E-state index contributed by atoms with van der Waals surface area (Å²) in [5.41, 5.74) is 1.70. The number of methoxy groups -OCH3 is 1. The van der Waals surface area contributed by atoms with Gasteiger partial charge in [-0.1, -0.05) is 35.6 Å². The molecule has 0 aliphatic carbocycles. The number of esters is 1. The maximum atomic E-state index is 14.1. The largest absolute Gasteiger partial charge is 0.493 e. The maximum Gasteiger partial charge on any atom is 0.338 e. The van der Waals surface area contributed by atoms with Gasteiger partial charge in [-0.25, -0.2) is 14.2 Å². The van der Waals surface area contributed by atoms with E-state index in [1.165, 1.54) is 35.8 Å². The van der Waals surface area contributed by atoms with Crippen LogP contribution in [-0.4, -0.2) is 24.3 Å².